The van der Waals surface area contributed by atoms with Gasteiger partial charge in [-0.15, -0.1) is 0 Å². The fourth-order valence-electron chi connectivity index (χ4n) is 9.47. The standard InChI is InChI=1S/C55H33N5/c1-4-18-36(19-5-1)52-57-53(37-20-6-2-7-21-37)59-54(58-52)60-48-29-15-13-27-43(48)51-42-26-11-10-24-40(42)44(35-49(51)60)38-31-32-47-45(34-38)41-25-12-14-28-46(41)55(47,39-22-8-3-9-23-39)50-30-16-17-33-56-50/h1-13,15-27,29-35H. The van der Waals surface area contributed by atoms with E-state index >= 15 is 0 Å². The Morgan fingerprint density at radius 1 is 0.467 bits per heavy atom. The molecule has 0 spiro atoms. The Kier molecular flexibility index (Phi) is 7.60. The van der Waals surface area contributed by atoms with Gasteiger partial charge < -0.3 is 0 Å². The normalized spacial score (nSPS) is 14.3. The van der Waals surface area contributed by atoms with E-state index in [1.165, 1.54) is 10.9 Å². The molecule has 11 aromatic rings. The number of pyridine rings is 1. The predicted octanol–water partition coefficient (Wildman–Crippen LogP) is 12.5. The minimum atomic E-state index is -0.659. The molecule has 8 aromatic carbocycles. The van der Waals surface area contributed by atoms with E-state index in [0.717, 1.165) is 77.4 Å². The molecule has 1 unspecified atom stereocenters. The van der Waals surface area contributed by atoms with Crippen LogP contribution in [-0.2, 0) is 5.41 Å². The molecule has 0 amide bonds. The van der Waals surface area contributed by atoms with E-state index < -0.39 is 5.41 Å². The van der Waals surface area contributed by atoms with Crippen molar-refractivity contribution >= 4 is 32.6 Å². The van der Waals surface area contributed by atoms with Crippen LogP contribution in [-0.4, -0.2) is 24.5 Å². The van der Waals surface area contributed by atoms with Crippen LogP contribution in [0.25, 0.3) is 83.6 Å². The molecule has 5 heteroatoms. The third-order valence-electron chi connectivity index (χ3n) is 12.0. The first-order valence-electron chi connectivity index (χ1n) is 20.1. The fraction of sp³-hybridized carbons (Fsp3) is 0.0182. The van der Waals surface area contributed by atoms with Crippen LogP contribution < -0.4 is 0 Å². The van der Waals surface area contributed by atoms with Crippen molar-refractivity contribution in [2.45, 2.75) is 5.41 Å². The van der Waals surface area contributed by atoms with E-state index in [0.29, 0.717) is 17.6 Å². The predicted molar refractivity (Wildman–Crippen MR) is 241 cm³/mol. The van der Waals surface area contributed by atoms with Gasteiger partial charge in [0.2, 0.25) is 5.95 Å². The van der Waals surface area contributed by atoms with Crippen LogP contribution in [0.2, 0.25) is 0 Å². The van der Waals surface area contributed by atoms with E-state index in [-0.39, 0.29) is 0 Å². The van der Waals surface area contributed by atoms with E-state index in [1.807, 2.05) is 79.0 Å². The van der Waals surface area contributed by atoms with Crippen LogP contribution >= 0.6 is 0 Å². The number of hydrogen-bond donors (Lipinski definition) is 0. The molecule has 1 aliphatic carbocycles. The SMILES string of the molecule is c1ccc2c(c#1)C(c1ccccc1)(c1ccccn1)c1ccc(-c3cc4c(c5ccccc35)c3ccccc3n4-c3nc(-c4ccccc4)nc(-c4ccccc4)n3)cc1-2. The second kappa shape index (κ2) is 13.4. The van der Waals surface area contributed by atoms with E-state index in [2.05, 4.69) is 138 Å². The average molecular weight is 764 g/mol. The maximum Gasteiger partial charge on any atom is 0.238 e. The monoisotopic (exact) mass is 763 g/mol. The first kappa shape index (κ1) is 33.9. The molecule has 0 saturated carbocycles. The van der Waals surface area contributed by atoms with Crippen molar-refractivity contribution in [3.63, 3.8) is 0 Å². The summed E-state index contributed by atoms with van der Waals surface area (Å²) < 4.78 is 2.22. The van der Waals surface area contributed by atoms with Crippen molar-refractivity contribution < 1.29 is 0 Å². The molecule has 60 heavy (non-hydrogen) atoms. The highest BCUT2D eigenvalue weighted by Crippen LogP contribution is 2.56. The summed E-state index contributed by atoms with van der Waals surface area (Å²) in [6.45, 7) is 0. The molecule has 0 aliphatic heterocycles. The van der Waals surface area contributed by atoms with Crippen LogP contribution in [0.3, 0.4) is 0 Å². The largest absolute Gasteiger partial charge is 0.278 e. The lowest BCUT2D eigenvalue weighted by atomic mass is 9.70. The highest BCUT2D eigenvalue weighted by molar-refractivity contribution is 6.24. The summed E-state index contributed by atoms with van der Waals surface area (Å²) in [4.78, 5) is 20.5. The number of nitrogens with zero attached hydrogens (tertiary/aromatic N) is 5. The topological polar surface area (TPSA) is 56.5 Å². The Morgan fingerprint density at radius 3 is 1.83 bits per heavy atom. The second-order valence-corrected chi connectivity index (χ2v) is 15.2. The van der Waals surface area contributed by atoms with Crippen molar-refractivity contribution in [3.05, 3.63) is 235 Å². The molecule has 12 rings (SSSR count). The third-order valence-corrected chi connectivity index (χ3v) is 12.0. The van der Waals surface area contributed by atoms with E-state index in [1.54, 1.807) is 0 Å². The summed E-state index contributed by atoms with van der Waals surface area (Å²) in [5.41, 5.74) is 12.1. The Morgan fingerprint density at radius 2 is 1.12 bits per heavy atom. The number of benzene rings is 7. The lowest BCUT2D eigenvalue weighted by molar-refractivity contribution is 0.735. The van der Waals surface area contributed by atoms with E-state index in [4.69, 9.17) is 19.9 Å². The highest BCUT2D eigenvalue weighted by atomic mass is 15.2. The van der Waals surface area contributed by atoms with Gasteiger partial charge in [-0.25, -0.2) is 4.98 Å². The van der Waals surface area contributed by atoms with Crippen molar-refractivity contribution in [2.24, 2.45) is 0 Å². The summed E-state index contributed by atoms with van der Waals surface area (Å²) in [7, 11) is 0. The van der Waals surface area contributed by atoms with Gasteiger partial charge in [-0.1, -0.05) is 164 Å². The Balaban J connectivity index is 1.14. The van der Waals surface area contributed by atoms with Gasteiger partial charge in [0.05, 0.1) is 22.1 Å². The van der Waals surface area contributed by atoms with Gasteiger partial charge in [-0.05, 0) is 86.6 Å². The van der Waals surface area contributed by atoms with Gasteiger partial charge in [0, 0.05) is 33.7 Å². The van der Waals surface area contributed by atoms with Crippen molar-refractivity contribution in [1.29, 1.82) is 0 Å². The zero-order valence-corrected chi connectivity index (χ0v) is 32.3. The molecule has 3 aromatic heterocycles. The summed E-state index contributed by atoms with van der Waals surface area (Å²) in [5.74, 6) is 1.80. The lowest BCUT2D eigenvalue weighted by Crippen LogP contribution is -2.29. The van der Waals surface area contributed by atoms with Crippen LogP contribution in [0.15, 0.2) is 200 Å². The minimum Gasteiger partial charge on any atom is -0.278 e. The average Bonchev–Trinajstić information content (AvgIpc) is 3.83. The molecule has 278 valence electrons. The molecule has 0 N–H and O–H groups in total. The molecule has 0 bridgehead atoms. The van der Waals surface area contributed by atoms with Crippen molar-refractivity contribution in [1.82, 2.24) is 24.5 Å². The summed E-state index contributed by atoms with van der Waals surface area (Å²) in [6, 6.07) is 74.8. The zero-order valence-electron chi connectivity index (χ0n) is 32.3. The molecule has 1 atom stereocenters. The molecule has 3 heterocycles. The van der Waals surface area contributed by atoms with Gasteiger partial charge in [0.1, 0.15) is 0 Å². The lowest BCUT2D eigenvalue weighted by Gasteiger charge is -2.31. The molecule has 5 nitrogen and oxygen atoms in total. The smallest absolute Gasteiger partial charge is 0.238 e. The van der Waals surface area contributed by atoms with Crippen molar-refractivity contribution in [3.8, 4) is 51.0 Å². The number of rotatable bonds is 6. The fourth-order valence-corrected chi connectivity index (χ4v) is 9.47. The number of hydrogen-bond acceptors (Lipinski definition) is 4. The number of aromatic nitrogens is 5. The molecule has 0 fully saturated rings. The minimum absolute atomic E-state index is 0.563. The highest BCUT2D eigenvalue weighted by Gasteiger charge is 2.47. The molecule has 0 radical (unpaired) electrons. The van der Waals surface area contributed by atoms with Crippen LogP contribution in [0.4, 0.5) is 0 Å². The third kappa shape index (κ3) is 5.01. The summed E-state index contributed by atoms with van der Waals surface area (Å²) in [5, 5.41) is 4.62. The molecule has 1 aliphatic rings. The molecular formula is C55H33N5. The Bertz CT molecular complexity index is 3320. The van der Waals surface area contributed by atoms with Gasteiger partial charge in [-0.2, -0.15) is 9.97 Å². The Hall–Kier alpha value is -8.20. The molecular weight excluding hydrogens is 731 g/mol. The summed E-state index contributed by atoms with van der Waals surface area (Å²) >= 11 is 0. The number of fused-ring (bicyclic) bond motifs is 8. The maximum absolute atomic E-state index is 5.23. The second-order valence-electron chi connectivity index (χ2n) is 15.2. The first-order valence-corrected chi connectivity index (χ1v) is 20.1. The van der Waals surface area contributed by atoms with Crippen LogP contribution in [0.5, 0.6) is 0 Å². The molecule has 0 saturated heterocycles. The first-order chi connectivity index (χ1) is 29.8. The van der Waals surface area contributed by atoms with Crippen LogP contribution in [0.1, 0.15) is 22.4 Å². The Labute approximate surface area is 347 Å². The van der Waals surface area contributed by atoms with Gasteiger partial charge in [-0.3, -0.25) is 9.55 Å². The van der Waals surface area contributed by atoms with Crippen LogP contribution in [0, 0.1) is 12.1 Å². The quantitative estimate of drug-likeness (QED) is 0.169. The van der Waals surface area contributed by atoms with E-state index in [9.17, 15) is 0 Å². The zero-order chi connectivity index (χ0) is 39.6. The summed E-state index contributed by atoms with van der Waals surface area (Å²) in [6.07, 6.45) is 1.89. The number of para-hydroxylation sites is 1. The van der Waals surface area contributed by atoms with Gasteiger partial charge >= 0.3 is 0 Å². The maximum atomic E-state index is 5.23. The van der Waals surface area contributed by atoms with Gasteiger partial charge in [0.25, 0.3) is 0 Å². The van der Waals surface area contributed by atoms with Crippen molar-refractivity contribution in [2.75, 3.05) is 0 Å². The van der Waals surface area contributed by atoms with Gasteiger partial charge in [0.15, 0.2) is 11.6 Å².